The van der Waals surface area contributed by atoms with Gasteiger partial charge >= 0.3 is 11.9 Å². The Morgan fingerprint density at radius 2 is 1.73 bits per heavy atom. The predicted octanol–water partition coefficient (Wildman–Crippen LogP) is 3.97. The van der Waals surface area contributed by atoms with Crippen molar-refractivity contribution in [1.82, 2.24) is 9.13 Å². The van der Waals surface area contributed by atoms with Crippen molar-refractivity contribution in [2.45, 2.75) is 12.6 Å². The van der Waals surface area contributed by atoms with Gasteiger partial charge in [0, 0.05) is 25.6 Å². The van der Waals surface area contributed by atoms with Crippen molar-refractivity contribution in [3.8, 4) is 11.4 Å². The first-order valence-corrected chi connectivity index (χ1v) is 9.04. The molecule has 3 rings (SSSR count). The van der Waals surface area contributed by atoms with Gasteiger partial charge in [0.1, 0.15) is 17.3 Å². The molecule has 0 saturated carbocycles. The molecule has 0 atom stereocenters. The first kappa shape index (κ1) is 21.6. The van der Waals surface area contributed by atoms with E-state index in [1.165, 1.54) is 0 Å². The van der Waals surface area contributed by atoms with Crippen LogP contribution in [0.25, 0.3) is 5.69 Å². The summed E-state index contributed by atoms with van der Waals surface area (Å²) < 4.78 is 59.5. The van der Waals surface area contributed by atoms with Crippen molar-refractivity contribution >= 4 is 11.6 Å². The number of hydrogen-bond donors (Lipinski definition) is 0. The van der Waals surface area contributed by atoms with E-state index < -0.39 is 34.6 Å². The molecular formula is C20H15ClF4N2O3. The average Bonchev–Trinajstić information content (AvgIpc) is 2.67. The molecule has 2 aromatic carbocycles. The molecular weight excluding hydrogens is 428 g/mol. The molecule has 0 radical (unpaired) electrons. The highest BCUT2D eigenvalue weighted by Gasteiger charge is 2.35. The second kappa shape index (κ2) is 8.35. The summed E-state index contributed by atoms with van der Waals surface area (Å²) in [6.45, 7) is 0.161. The predicted molar refractivity (Wildman–Crippen MR) is 103 cm³/mol. The lowest BCUT2D eigenvalue weighted by atomic mass is 10.2. The van der Waals surface area contributed by atoms with E-state index in [1.54, 1.807) is 0 Å². The maximum atomic E-state index is 14.5. The van der Waals surface area contributed by atoms with Gasteiger partial charge in [0.25, 0.3) is 5.56 Å². The van der Waals surface area contributed by atoms with Gasteiger partial charge in [-0.3, -0.25) is 9.36 Å². The maximum absolute atomic E-state index is 14.5. The Kier molecular flexibility index (Phi) is 6.02. The van der Waals surface area contributed by atoms with Gasteiger partial charge in [-0.1, -0.05) is 41.9 Å². The van der Waals surface area contributed by atoms with E-state index in [0.29, 0.717) is 11.0 Å². The van der Waals surface area contributed by atoms with E-state index in [4.69, 9.17) is 16.3 Å². The third kappa shape index (κ3) is 4.40. The SMILES string of the molecule is Cn1c(C(F)(F)F)cc(=O)n(-c2cc(OCCc3ccccc3)c(Cl)cc2F)c1=O. The molecule has 10 heteroatoms. The van der Waals surface area contributed by atoms with Gasteiger partial charge in [0.2, 0.25) is 0 Å². The fourth-order valence-electron chi connectivity index (χ4n) is 2.84. The molecule has 0 N–H and O–H groups in total. The van der Waals surface area contributed by atoms with Crippen LogP contribution >= 0.6 is 11.6 Å². The lowest BCUT2D eigenvalue weighted by molar-refractivity contribution is -0.144. The number of nitrogens with zero attached hydrogens (tertiary/aromatic N) is 2. The lowest BCUT2D eigenvalue weighted by Crippen LogP contribution is -2.41. The van der Waals surface area contributed by atoms with Crippen LogP contribution in [0, 0.1) is 5.82 Å². The van der Waals surface area contributed by atoms with Crippen LogP contribution in [-0.2, 0) is 19.6 Å². The van der Waals surface area contributed by atoms with E-state index >= 15 is 0 Å². The molecule has 3 aromatic rings. The molecule has 158 valence electrons. The number of aromatic nitrogens is 2. The van der Waals surface area contributed by atoms with Crippen LogP contribution in [0.5, 0.6) is 5.75 Å². The van der Waals surface area contributed by atoms with E-state index in [9.17, 15) is 27.2 Å². The average molecular weight is 443 g/mol. The van der Waals surface area contributed by atoms with Crippen molar-refractivity contribution < 1.29 is 22.3 Å². The Hall–Kier alpha value is -3.07. The number of rotatable bonds is 5. The summed E-state index contributed by atoms with van der Waals surface area (Å²) in [6, 6.07) is 11.4. The molecule has 1 aromatic heterocycles. The Morgan fingerprint density at radius 1 is 1.07 bits per heavy atom. The summed E-state index contributed by atoms with van der Waals surface area (Å²) in [4.78, 5) is 24.6. The zero-order chi connectivity index (χ0) is 22.1. The Balaban J connectivity index is 1.99. The van der Waals surface area contributed by atoms with Gasteiger partial charge in [0.05, 0.1) is 17.3 Å². The fraction of sp³-hybridized carbons (Fsp3) is 0.200. The number of alkyl halides is 3. The van der Waals surface area contributed by atoms with E-state index in [2.05, 4.69) is 0 Å². The van der Waals surface area contributed by atoms with Crippen LogP contribution in [0.2, 0.25) is 5.02 Å². The van der Waals surface area contributed by atoms with Gasteiger partial charge in [-0.2, -0.15) is 13.2 Å². The fourth-order valence-corrected chi connectivity index (χ4v) is 3.05. The minimum Gasteiger partial charge on any atom is -0.492 e. The number of hydrogen-bond acceptors (Lipinski definition) is 3. The van der Waals surface area contributed by atoms with Crippen LogP contribution in [0.4, 0.5) is 17.6 Å². The third-order valence-electron chi connectivity index (χ3n) is 4.34. The van der Waals surface area contributed by atoms with E-state index in [1.807, 2.05) is 30.3 Å². The summed E-state index contributed by atoms with van der Waals surface area (Å²) in [5, 5.41) is -0.110. The molecule has 0 bridgehead atoms. The maximum Gasteiger partial charge on any atom is 0.431 e. The largest absolute Gasteiger partial charge is 0.492 e. The van der Waals surface area contributed by atoms with E-state index in [-0.39, 0.29) is 28.0 Å². The van der Waals surface area contributed by atoms with Crippen LogP contribution < -0.4 is 16.0 Å². The zero-order valence-corrected chi connectivity index (χ0v) is 16.3. The van der Waals surface area contributed by atoms with Crippen molar-refractivity contribution in [3.63, 3.8) is 0 Å². The number of halogens is 5. The Labute approximate surface area is 172 Å². The Bertz CT molecular complexity index is 1190. The molecule has 0 aliphatic rings. The lowest BCUT2D eigenvalue weighted by Gasteiger charge is -2.15. The molecule has 0 aliphatic heterocycles. The quantitative estimate of drug-likeness (QED) is 0.562. The standard InChI is InChI=1S/C20H15ClF4N2O3/c1-26-17(20(23,24)25)11-18(28)27(19(26)29)15-10-16(13(21)9-14(15)22)30-8-7-12-5-3-2-4-6-12/h2-6,9-11H,7-8H2,1H3. The highest BCUT2D eigenvalue weighted by Crippen LogP contribution is 2.30. The first-order chi connectivity index (χ1) is 14.1. The third-order valence-corrected chi connectivity index (χ3v) is 4.64. The zero-order valence-electron chi connectivity index (χ0n) is 15.5. The second-order valence-corrected chi connectivity index (χ2v) is 6.77. The van der Waals surface area contributed by atoms with Gasteiger partial charge in [-0.25, -0.2) is 13.8 Å². The number of benzene rings is 2. The first-order valence-electron chi connectivity index (χ1n) is 8.66. The normalized spacial score (nSPS) is 11.5. The summed E-state index contributed by atoms with van der Waals surface area (Å²) in [7, 11) is 0.839. The number of ether oxygens (including phenoxy) is 1. The van der Waals surface area contributed by atoms with Crippen LogP contribution in [-0.4, -0.2) is 15.7 Å². The van der Waals surface area contributed by atoms with Gasteiger partial charge in [-0.15, -0.1) is 0 Å². The van der Waals surface area contributed by atoms with Gasteiger partial charge in [-0.05, 0) is 11.6 Å². The minimum atomic E-state index is -4.92. The highest BCUT2D eigenvalue weighted by atomic mass is 35.5. The van der Waals surface area contributed by atoms with Gasteiger partial charge < -0.3 is 4.74 Å². The summed E-state index contributed by atoms with van der Waals surface area (Å²) in [6.07, 6.45) is -4.41. The van der Waals surface area contributed by atoms with Crippen LogP contribution in [0.3, 0.4) is 0 Å². The van der Waals surface area contributed by atoms with Crippen LogP contribution in [0.15, 0.2) is 58.1 Å². The van der Waals surface area contributed by atoms with Crippen LogP contribution in [0.1, 0.15) is 11.3 Å². The van der Waals surface area contributed by atoms with E-state index in [0.717, 1.165) is 24.7 Å². The molecule has 5 nitrogen and oxygen atoms in total. The molecule has 0 unspecified atom stereocenters. The highest BCUT2D eigenvalue weighted by molar-refractivity contribution is 6.32. The van der Waals surface area contributed by atoms with Crippen molar-refractivity contribution in [3.05, 3.63) is 91.5 Å². The summed E-state index contributed by atoms with van der Waals surface area (Å²) >= 11 is 5.98. The van der Waals surface area contributed by atoms with Gasteiger partial charge in [0.15, 0.2) is 0 Å². The molecule has 0 amide bonds. The molecule has 0 saturated heterocycles. The monoisotopic (exact) mass is 442 g/mol. The van der Waals surface area contributed by atoms with Crippen molar-refractivity contribution in [2.75, 3.05) is 6.61 Å². The van der Waals surface area contributed by atoms with Crippen molar-refractivity contribution in [2.24, 2.45) is 7.05 Å². The molecule has 0 fully saturated rings. The molecule has 1 heterocycles. The molecule has 0 aliphatic carbocycles. The second-order valence-electron chi connectivity index (χ2n) is 6.36. The molecule has 0 spiro atoms. The summed E-state index contributed by atoms with van der Waals surface area (Å²) in [5.74, 6) is -1.08. The minimum absolute atomic E-state index is 0.0159. The Morgan fingerprint density at radius 3 is 2.37 bits per heavy atom. The smallest absolute Gasteiger partial charge is 0.431 e. The van der Waals surface area contributed by atoms with Crippen molar-refractivity contribution in [1.29, 1.82) is 0 Å². The topological polar surface area (TPSA) is 53.2 Å². The summed E-state index contributed by atoms with van der Waals surface area (Å²) in [5.41, 5.74) is -3.71. The molecule has 30 heavy (non-hydrogen) atoms.